The van der Waals surface area contributed by atoms with Gasteiger partial charge < -0.3 is 20.1 Å². The van der Waals surface area contributed by atoms with E-state index in [1.165, 1.54) is 22.2 Å². The van der Waals surface area contributed by atoms with Crippen LogP contribution in [0.5, 0.6) is 0 Å². The Hall–Kier alpha value is -2.59. The SMILES string of the molecule is CN=C(NCCc1c(C)[nH]c2ccccc12)NCc1nc(-c2cccc(Cl)c2)no1.I. The lowest BCUT2D eigenvalue weighted by Gasteiger charge is -2.10. The molecule has 0 bridgehead atoms. The van der Waals surface area contributed by atoms with Gasteiger partial charge in [0.25, 0.3) is 0 Å². The number of aromatic amines is 1. The smallest absolute Gasteiger partial charge is 0.246 e. The van der Waals surface area contributed by atoms with Gasteiger partial charge in [-0.2, -0.15) is 4.98 Å². The van der Waals surface area contributed by atoms with E-state index in [1.807, 2.05) is 18.2 Å². The first-order valence-electron chi connectivity index (χ1n) is 9.73. The van der Waals surface area contributed by atoms with Crippen molar-refractivity contribution >= 4 is 52.4 Å². The van der Waals surface area contributed by atoms with E-state index in [0.29, 0.717) is 29.2 Å². The van der Waals surface area contributed by atoms with E-state index in [0.717, 1.165) is 18.5 Å². The number of nitrogens with zero attached hydrogens (tertiary/aromatic N) is 3. The second-order valence-corrected chi connectivity index (χ2v) is 7.34. The highest BCUT2D eigenvalue weighted by Gasteiger charge is 2.11. The minimum atomic E-state index is 0. The molecule has 31 heavy (non-hydrogen) atoms. The molecule has 0 aliphatic carbocycles. The first-order chi connectivity index (χ1) is 14.6. The fourth-order valence-electron chi connectivity index (χ4n) is 3.41. The summed E-state index contributed by atoms with van der Waals surface area (Å²) in [7, 11) is 1.73. The van der Waals surface area contributed by atoms with Gasteiger partial charge in [0.05, 0.1) is 6.54 Å². The number of guanidine groups is 1. The Labute approximate surface area is 202 Å². The van der Waals surface area contributed by atoms with Gasteiger partial charge in [-0.3, -0.25) is 4.99 Å². The van der Waals surface area contributed by atoms with Crippen molar-refractivity contribution < 1.29 is 4.52 Å². The van der Waals surface area contributed by atoms with Crippen LogP contribution in [0.1, 0.15) is 17.1 Å². The normalized spacial score (nSPS) is 11.4. The van der Waals surface area contributed by atoms with Crippen LogP contribution in [0.3, 0.4) is 0 Å². The van der Waals surface area contributed by atoms with Crippen molar-refractivity contribution in [2.75, 3.05) is 13.6 Å². The summed E-state index contributed by atoms with van der Waals surface area (Å²) in [5, 5.41) is 12.4. The molecule has 0 saturated heterocycles. The third-order valence-electron chi connectivity index (χ3n) is 4.88. The van der Waals surface area contributed by atoms with Crippen molar-refractivity contribution in [1.29, 1.82) is 0 Å². The second kappa shape index (κ2) is 10.6. The van der Waals surface area contributed by atoms with Crippen LogP contribution in [-0.4, -0.2) is 34.7 Å². The van der Waals surface area contributed by atoms with E-state index in [1.54, 1.807) is 19.2 Å². The molecule has 9 heteroatoms. The standard InChI is InChI=1S/C22H23ClN6O.HI/c1-14-17(18-8-3-4-9-19(18)27-14)10-11-25-22(24-2)26-13-20-28-21(29-30-20)15-6-5-7-16(23)12-15;/h3-9,12,27H,10-11,13H2,1-2H3,(H2,24,25,26);1H. The van der Waals surface area contributed by atoms with Crippen LogP contribution in [0, 0.1) is 6.92 Å². The molecule has 3 N–H and O–H groups in total. The number of nitrogens with one attached hydrogen (secondary N) is 3. The van der Waals surface area contributed by atoms with Gasteiger partial charge in [0.1, 0.15) is 0 Å². The zero-order valence-electron chi connectivity index (χ0n) is 17.3. The molecule has 0 fully saturated rings. The molecule has 0 unspecified atom stereocenters. The molecule has 0 aliphatic heterocycles. The summed E-state index contributed by atoms with van der Waals surface area (Å²) in [6.07, 6.45) is 0.885. The Balaban J connectivity index is 0.00000272. The molecule has 4 aromatic rings. The fourth-order valence-corrected chi connectivity index (χ4v) is 3.60. The molecule has 2 aromatic carbocycles. The third-order valence-corrected chi connectivity index (χ3v) is 5.11. The molecule has 0 spiro atoms. The number of aryl methyl sites for hydroxylation is 1. The van der Waals surface area contributed by atoms with Gasteiger partial charge in [-0.05, 0) is 37.1 Å². The predicted octanol–water partition coefficient (Wildman–Crippen LogP) is 4.71. The fraction of sp³-hybridized carbons (Fsp3) is 0.227. The van der Waals surface area contributed by atoms with Crippen molar-refractivity contribution in [1.82, 2.24) is 25.8 Å². The van der Waals surface area contributed by atoms with Crippen LogP contribution in [0.4, 0.5) is 0 Å². The van der Waals surface area contributed by atoms with Crippen LogP contribution in [0.15, 0.2) is 58.0 Å². The number of fused-ring (bicyclic) bond motifs is 1. The highest BCUT2D eigenvalue weighted by atomic mass is 127. The van der Waals surface area contributed by atoms with Gasteiger partial charge in [0.15, 0.2) is 5.96 Å². The maximum absolute atomic E-state index is 6.03. The lowest BCUT2D eigenvalue weighted by atomic mass is 10.1. The van der Waals surface area contributed by atoms with Crippen molar-refractivity contribution in [3.8, 4) is 11.4 Å². The number of aliphatic imine (C=N–C) groups is 1. The van der Waals surface area contributed by atoms with Crippen molar-refractivity contribution in [3.63, 3.8) is 0 Å². The maximum Gasteiger partial charge on any atom is 0.246 e. The van der Waals surface area contributed by atoms with Gasteiger partial charge in [0, 0.05) is 40.8 Å². The van der Waals surface area contributed by atoms with E-state index in [9.17, 15) is 0 Å². The van der Waals surface area contributed by atoms with E-state index in [4.69, 9.17) is 16.1 Å². The third kappa shape index (κ3) is 5.56. The van der Waals surface area contributed by atoms with E-state index >= 15 is 0 Å². The number of H-pyrrole nitrogens is 1. The minimum Gasteiger partial charge on any atom is -0.358 e. The second-order valence-electron chi connectivity index (χ2n) is 6.90. The largest absolute Gasteiger partial charge is 0.358 e. The van der Waals surface area contributed by atoms with E-state index in [-0.39, 0.29) is 24.0 Å². The zero-order valence-corrected chi connectivity index (χ0v) is 20.4. The van der Waals surface area contributed by atoms with Crippen molar-refractivity contribution in [2.24, 2.45) is 4.99 Å². The van der Waals surface area contributed by atoms with E-state index < -0.39 is 0 Å². The summed E-state index contributed by atoms with van der Waals surface area (Å²) in [5.41, 5.74) is 4.49. The molecule has 0 amide bonds. The summed E-state index contributed by atoms with van der Waals surface area (Å²) >= 11 is 6.03. The molecule has 0 saturated carbocycles. The van der Waals surface area contributed by atoms with Crippen LogP contribution in [0.25, 0.3) is 22.3 Å². The molecule has 2 aromatic heterocycles. The Bertz CT molecular complexity index is 1190. The number of hydrogen-bond acceptors (Lipinski definition) is 4. The number of benzene rings is 2. The minimum absolute atomic E-state index is 0. The van der Waals surface area contributed by atoms with Crippen molar-refractivity contribution in [2.45, 2.75) is 19.9 Å². The molecule has 0 aliphatic rings. The van der Waals surface area contributed by atoms with Crippen LogP contribution in [-0.2, 0) is 13.0 Å². The molecular weight excluding hydrogens is 527 g/mol. The number of para-hydroxylation sites is 1. The number of hydrogen-bond donors (Lipinski definition) is 3. The Morgan fingerprint density at radius 1 is 1.16 bits per heavy atom. The zero-order chi connectivity index (χ0) is 20.9. The Morgan fingerprint density at radius 3 is 2.81 bits per heavy atom. The van der Waals surface area contributed by atoms with E-state index in [2.05, 4.69) is 55.9 Å². The number of halogens is 2. The number of rotatable bonds is 6. The molecule has 0 atom stereocenters. The summed E-state index contributed by atoms with van der Waals surface area (Å²) < 4.78 is 5.33. The quantitative estimate of drug-likeness (QED) is 0.184. The highest BCUT2D eigenvalue weighted by Crippen LogP contribution is 2.22. The summed E-state index contributed by atoms with van der Waals surface area (Å²) in [5.74, 6) is 1.66. The van der Waals surface area contributed by atoms with Crippen molar-refractivity contribution in [3.05, 3.63) is 70.7 Å². The van der Waals surface area contributed by atoms with Gasteiger partial charge in [0.2, 0.25) is 11.7 Å². The molecule has 7 nitrogen and oxygen atoms in total. The highest BCUT2D eigenvalue weighted by molar-refractivity contribution is 14.0. The first-order valence-corrected chi connectivity index (χ1v) is 10.1. The average molecular weight is 551 g/mol. The van der Waals surface area contributed by atoms with Gasteiger partial charge in [-0.15, -0.1) is 24.0 Å². The lowest BCUT2D eigenvalue weighted by molar-refractivity contribution is 0.375. The summed E-state index contributed by atoms with van der Waals surface area (Å²) in [6, 6.07) is 15.7. The molecule has 162 valence electrons. The molecule has 2 heterocycles. The lowest BCUT2D eigenvalue weighted by Crippen LogP contribution is -2.38. The van der Waals surface area contributed by atoms with Gasteiger partial charge in [-0.1, -0.05) is 47.1 Å². The Morgan fingerprint density at radius 2 is 2.00 bits per heavy atom. The summed E-state index contributed by atoms with van der Waals surface area (Å²) in [4.78, 5) is 12.1. The van der Waals surface area contributed by atoms with Gasteiger partial charge in [-0.25, -0.2) is 0 Å². The van der Waals surface area contributed by atoms with Crippen LogP contribution < -0.4 is 10.6 Å². The molecule has 0 radical (unpaired) electrons. The summed E-state index contributed by atoms with van der Waals surface area (Å²) in [6.45, 7) is 3.23. The monoisotopic (exact) mass is 550 g/mol. The maximum atomic E-state index is 6.03. The van der Waals surface area contributed by atoms with Crippen LogP contribution in [0.2, 0.25) is 5.02 Å². The molecule has 4 rings (SSSR count). The number of aromatic nitrogens is 3. The Kier molecular flexibility index (Phi) is 7.91. The molecular formula is C22H24ClIN6O. The predicted molar refractivity (Wildman–Crippen MR) is 135 cm³/mol. The average Bonchev–Trinajstić information content (AvgIpc) is 3.35. The first kappa shape index (κ1) is 23.1. The topological polar surface area (TPSA) is 91.1 Å². The van der Waals surface area contributed by atoms with Crippen LogP contribution >= 0.6 is 35.6 Å². The van der Waals surface area contributed by atoms with Gasteiger partial charge >= 0.3 is 0 Å².